The average molecular weight is 356 g/mol. The Balaban J connectivity index is 2.59. The minimum atomic E-state index is -0.597. The van der Waals surface area contributed by atoms with Crippen molar-refractivity contribution in [3.8, 4) is 5.75 Å². The molecule has 0 spiro atoms. The first-order valence-electron chi connectivity index (χ1n) is 6.59. The van der Waals surface area contributed by atoms with Crippen LogP contribution in [-0.4, -0.2) is 13.7 Å². The Labute approximate surface area is 131 Å². The summed E-state index contributed by atoms with van der Waals surface area (Å²) in [6.45, 7) is 2.46. The third kappa shape index (κ3) is 3.24. The molecule has 2 nitrogen and oxygen atoms in total. The molecule has 0 amide bonds. The van der Waals surface area contributed by atoms with Crippen LogP contribution in [0.1, 0.15) is 24.1 Å². The van der Waals surface area contributed by atoms with Gasteiger partial charge in [-0.05, 0) is 24.7 Å². The van der Waals surface area contributed by atoms with Crippen LogP contribution in [0.25, 0.3) is 0 Å². The summed E-state index contributed by atoms with van der Waals surface area (Å²) in [5.74, 6) is -0.735. The standard InChI is InChI=1S/C16H16BrF2NO/c1-3-20-16(14-11(17)7-5-8-12(14)18)10-6-4-9-13(21-2)15(10)19/h4-9,16,20H,3H2,1-2H3. The van der Waals surface area contributed by atoms with E-state index in [1.54, 1.807) is 24.3 Å². The summed E-state index contributed by atoms with van der Waals surface area (Å²) in [6, 6.07) is 8.97. The maximum atomic E-state index is 14.5. The van der Waals surface area contributed by atoms with Crippen LogP contribution in [0.15, 0.2) is 40.9 Å². The maximum absolute atomic E-state index is 14.5. The number of hydrogen-bond donors (Lipinski definition) is 1. The van der Waals surface area contributed by atoms with E-state index in [2.05, 4.69) is 21.2 Å². The molecule has 0 aliphatic heterocycles. The quantitative estimate of drug-likeness (QED) is 0.856. The Morgan fingerprint density at radius 2 is 1.90 bits per heavy atom. The number of halogens is 3. The van der Waals surface area contributed by atoms with Crippen molar-refractivity contribution >= 4 is 15.9 Å². The van der Waals surface area contributed by atoms with Crippen molar-refractivity contribution in [2.45, 2.75) is 13.0 Å². The Hall–Kier alpha value is -1.46. The van der Waals surface area contributed by atoms with E-state index in [9.17, 15) is 8.78 Å². The second kappa shape index (κ2) is 7.00. The zero-order valence-electron chi connectivity index (χ0n) is 11.8. The molecule has 0 aromatic heterocycles. The summed E-state index contributed by atoms with van der Waals surface area (Å²) in [7, 11) is 1.41. The molecule has 0 saturated carbocycles. The van der Waals surface area contributed by atoms with E-state index in [-0.39, 0.29) is 5.75 Å². The van der Waals surface area contributed by atoms with Gasteiger partial charge in [-0.2, -0.15) is 0 Å². The predicted molar refractivity (Wildman–Crippen MR) is 82.6 cm³/mol. The number of nitrogens with one attached hydrogen (secondary N) is 1. The predicted octanol–water partition coefficient (Wildman–Crippen LogP) is 4.43. The highest BCUT2D eigenvalue weighted by Crippen LogP contribution is 2.34. The fraction of sp³-hybridized carbons (Fsp3) is 0.250. The molecule has 0 saturated heterocycles. The van der Waals surface area contributed by atoms with Crippen LogP contribution in [0.5, 0.6) is 5.75 Å². The Bertz CT molecular complexity index is 613. The van der Waals surface area contributed by atoms with E-state index >= 15 is 0 Å². The van der Waals surface area contributed by atoms with E-state index in [4.69, 9.17) is 4.74 Å². The molecule has 2 aromatic rings. The zero-order valence-corrected chi connectivity index (χ0v) is 13.4. The van der Waals surface area contributed by atoms with Gasteiger partial charge in [0.2, 0.25) is 0 Å². The average Bonchev–Trinajstić information content (AvgIpc) is 2.46. The van der Waals surface area contributed by atoms with Crippen LogP contribution in [-0.2, 0) is 0 Å². The van der Waals surface area contributed by atoms with Crippen molar-refractivity contribution in [2.75, 3.05) is 13.7 Å². The molecule has 0 bridgehead atoms. The normalized spacial score (nSPS) is 12.2. The largest absolute Gasteiger partial charge is 0.494 e. The smallest absolute Gasteiger partial charge is 0.170 e. The number of ether oxygens (including phenoxy) is 1. The Morgan fingerprint density at radius 3 is 2.52 bits per heavy atom. The monoisotopic (exact) mass is 355 g/mol. The molecule has 2 aromatic carbocycles. The van der Waals surface area contributed by atoms with Crippen molar-refractivity contribution in [2.24, 2.45) is 0 Å². The fourth-order valence-electron chi connectivity index (χ4n) is 2.27. The van der Waals surface area contributed by atoms with Crippen LogP contribution in [0.2, 0.25) is 0 Å². The Kier molecular flexibility index (Phi) is 5.31. The van der Waals surface area contributed by atoms with Gasteiger partial charge in [-0.25, -0.2) is 8.78 Å². The molecule has 2 rings (SSSR count). The third-order valence-electron chi connectivity index (χ3n) is 3.22. The molecule has 0 aliphatic rings. The number of hydrogen-bond acceptors (Lipinski definition) is 2. The summed E-state index contributed by atoms with van der Waals surface area (Å²) in [4.78, 5) is 0. The summed E-state index contributed by atoms with van der Waals surface area (Å²) in [5.41, 5.74) is 0.730. The summed E-state index contributed by atoms with van der Waals surface area (Å²) >= 11 is 3.34. The molecule has 0 heterocycles. The van der Waals surface area contributed by atoms with E-state index < -0.39 is 17.7 Å². The summed E-state index contributed by atoms with van der Waals surface area (Å²) in [6.07, 6.45) is 0. The minimum Gasteiger partial charge on any atom is -0.494 e. The first-order valence-corrected chi connectivity index (χ1v) is 7.39. The van der Waals surface area contributed by atoms with Gasteiger partial charge < -0.3 is 10.1 Å². The van der Waals surface area contributed by atoms with Gasteiger partial charge in [0, 0.05) is 15.6 Å². The molecule has 0 aliphatic carbocycles. The van der Waals surface area contributed by atoms with E-state index in [0.29, 0.717) is 22.1 Å². The van der Waals surface area contributed by atoms with Crippen LogP contribution in [0.4, 0.5) is 8.78 Å². The van der Waals surface area contributed by atoms with Gasteiger partial charge in [-0.15, -0.1) is 0 Å². The summed E-state index contributed by atoms with van der Waals surface area (Å²) in [5, 5.41) is 3.12. The zero-order chi connectivity index (χ0) is 15.4. The minimum absolute atomic E-state index is 0.142. The van der Waals surface area contributed by atoms with Crippen molar-refractivity contribution in [3.05, 3.63) is 63.6 Å². The van der Waals surface area contributed by atoms with Crippen molar-refractivity contribution < 1.29 is 13.5 Å². The van der Waals surface area contributed by atoms with Gasteiger partial charge in [0.1, 0.15) is 5.82 Å². The lowest BCUT2D eigenvalue weighted by molar-refractivity contribution is 0.381. The lowest BCUT2D eigenvalue weighted by Crippen LogP contribution is -2.24. The molecule has 112 valence electrons. The second-order valence-corrected chi connectivity index (χ2v) is 5.34. The SMILES string of the molecule is CCNC(c1cccc(OC)c1F)c1c(F)cccc1Br. The molecule has 1 atom stereocenters. The lowest BCUT2D eigenvalue weighted by atomic mass is 9.97. The number of rotatable bonds is 5. The molecule has 1 N–H and O–H groups in total. The molecule has 21 heavy (non-hydrogen) atoms. The van der Waals surface area contributed by atoms with Crippen LogP contribution in [0, 0.1) is 11.6 Å². The van der Waals surface area contributed by atoms with Crippen molar-refractivity contribution in [1.29, 1.82) is 0 Å². The van der Waals surface area contributed by atoms with Gasteiger partial charge in [0.25, 0.3) is 0 Å². The molecule has 1 unspecified atom stereocenters. The topological polar surface area (TPSA) is 21.3 Å². The van der Waals surface area contributed by atoms with E-state index in [1.165, 1.54) is 19.2 Å². The summed E-state index contributed by atoms with van der Waals surface area (Å²) < 4.78 is 34.3. The third-order valence-corrected chi connectivity index (χ3v) is 3.91. The van der Waals surface area contributed by atoms with Crippen LogP contribution in [0.3, 0.4) is 0 Å². The van der Waals surface area contributed by atoms with Crippen LogP contribution < -0.4 is 10.1 Å². The number of benzene rings is 2. The van der Waals surface area contributed by atoms with Gasteiger partial charge in [0.05, 0.1) is 13.2 Å². The van der Waals surface area contributed by atoms with Gasteiger partial charge in [-0.3, -0.25) is 0 Å². The van der Waals surface area contributed by atoms with Crippen molar-refractivity contribution in [3.63, 3.8) is 0 Å². The highest BCUT2D eigenvalue weighted by atomic mass is 79.9. The van der Waals surface area contributed by atoms with Crippen LogP contribution >= 0.6 is 15.9 Å². The molecular weight excluding hydrogens is 340 g/mol. The van der Waals surface area contributed by atoms with E-state index in [0.717, 1.165) is 0 Å². The first-order chi connectivity index (χ1) is 10.1. The molecule has 5 heteroatoms. The van der Waals surface area contributed by atoms with Gasteiger partial charge >= 0.3 is 0 Å². The maximum Gasteiger partial charge on any atom is 0.170 e. The highest BCUT2D eigenvalue weighted by Gasteiger charge is 2.24. The van der Waals surface area contributed by atoms with Crippen molar-refractivity contribution in [1.82, 2.24) is 5.32 Å². The second-order valence-electron chi connectivity index (χ2n) is 4.49. The van der Waals surface area contributed by atoms with Gasteiger partial charge in [-0.1, -0.05) is 41.1 Å². The molecule has 0 fully saturated rings. The highest BCUT2D eigenvalue weighted by molar-refractivity contribution is 9.10. The lowest BCUT2D eigenvalue weighted by Gasteiger charge is -2.22. The number of methoxy groups -OCH3 is 1. The fourth-order valence-corrected chi connectivity index (χ4v) is 2.84. The van der Waals surface area contributed by atoms with Gasteiger partial charge in [0.15, 0.2) is 11.6 Å². The van der Waals surface area contributed by atoms with E-state index in [1.807, 2.05) is 6.92 Å². The Morgan fingerprint density at radius 1 is 1.19 bits per heavy atom. The molecular formula is C16H16BrF2NO. The first kappa shape index (κ1) is 15.9. The molecule has 0 radical (unpaired) electrons.